The SMILES string of the molecule is C[N+]([O-])(CC#CCOc1ccccc1Cl)c1ccc2oc(=O)ccc2c1. The first-order valence-corrected chi connectivity index (χ1v) is 8.27. The van der Waals surface area contributed by atoms with Gasteiger partial charge in [0.1, 0.15) is 30.2 Å². The second-order valence-corrected chi connectivity index (χ2v) is 6.22. The van der Waals surface area contributed by atoms with Crippen molar-refractivity contribution < 1.29 is 9.15 Å². The summed E-state index contributed by atoms with van der Waals surface area (Å²) in [5.74, 6) is 6.22. The molecule has 0 N–H and O–H groups in total. The number of quaternary nitrogens is 1. The Labute approximate surface area is 155 Å². The lowest BCUT2D eigenvalue weighted by Crippen LogP contribution is -2.38. The maximum atomic E-state index is 12.8. The lowest BCUT2D eigenvalue weighted by molar-refractivity contribution is 0.370. The van der Waals surface area contributed by atoms with Gasteiger partial charge < -0.3 is 19.0 Å². The van der Waals surface area contributed by atoms with Crippen LogP contribution in [0.5, 0.6) is 5.75 Å². The van der Waals surface area contributed by atoms with E-state index >= 15 is 0 Å². The summed E-state index contributed by atoms with van der Waals surface area (Å²) in [5, 5.41) is 14.0. The zero-order valence-corrected chi connectivity index (χ0v) is 14.8. The molecule has 2 aromatic carbocycles. The second kappa shape index (κ2) is 7.63. The first kappa shape index (κ1) is 18.0. The van der Waals surface area contributed by atoms with Gasteiger partial charge in [0.05, 0.1) is 12.1 Å². The molecule has 0 aliphatic rings. The highest BCUT2D eigenvalue weighted by Crippen LogP contribution is 2.25. The molecule has 0 fully saturated rings. The van der Waals surface area contributed by atoms with Crippen LogP contribution in [-0.2, 0) is 0 Å². The normalized spacial score (nSPS) is 12.9. The van der Waals surface area contributed by atoms with Crippen LogP contribution in [-0.4, -0.2) is 20.2 Å². The van der Waals surface area contributed by atoms with Crippen molar-refractivity contribution in [1.82, 2.24) is 4.65 Å². The molecular weight excluding hydrogens is 354 g/mol. The molecule has 1 aromatic heterocycles. The molecule has 0 aliphatic carbocycles. The first-order valence-electron chi connectivity index (χ1n) is 7.90. The lowest BCUT2D eigenvalue weighted by atomic mass is 10.2. The molecule has 0 aliphatic heterocycles. The zero-order chi connectivity index (χ0) is 18.6. The number of ether oxygens (including phenoxy) is 1. The van der Waals surface area contributed by atoms with Gasteiger partial charge in [-0.1, -0.05) is 29.7 Å². The molecule has 26 heavy (non-hydrogen) atoms. The molecule has 3 rings (SSSR count). The highest BCUT2D eigenvalue weighted by atomic mass is 35.5. The standard InChI is InChI=1S/C20H16ClNO4/c1-22(24,12-4-5-13-25-19-7-3-2-6-17(19)21)16-9-10-18-15(14-16)8-11-20(23)26-18/h2-3,6-11,14H,12-13H2,1H3. The van der Waals surface area contributed by atoms with Gasteiger partial charge in [0.25, 0.3) is 0 Å². The minimum Gasteiger partial charge on any atom is -0.627 e. The van der Waals surface area contributed by atoms with E-state index < -0.39 is 10.3 Å². The molecule has 0 bridgehead atoms. The Morgan fingerprint density at radius 1 is 1.15 bits per heavy atom. The molecule has 0 saturated heterocycles. The van der Waals surface area contributed by atoms with Gasteiger partial charge in [-0.25, -0.2) is 4.79 Å². The summed E-state index contributed by atoms with van der Waals surface area (Å²) in [5.41, 5.74) is 0.544. The number of fused-ring (bicyclic) bond motifs is 1. The Morgan fingerprint density at radius 3 is 2.77 bits per heavy atom. The van der Waals surface area contributed by atoms with Crippen LogP contribution in [0.1, 0.15) is 0 Å². The molecule has 3 aromatic rings. The van der Waals surface area contributed by atoms with E-state index in [1.807, 2.05) is 12.1 Å². The van der Waals surface area contributed by atoms with Crippen LogP contribution in [0.15, 0.2) is 63.8 Å². The van der Waals surface area contributed by atoms with Crippen molar-refractivity contribution in [2.45, 2.75) is 0 Å². The van der Waals surface area contributed by atoms with Crippen molar-refractivity contribution in [2.24, 2.45) is 0 Å². The van der Waals surface area contributed by atoms with Gasteiger partial charge in [0, 0.05) is 23.6 Å². The van der Waals surface area contributed by atoms with Crippen molar-refractivity contribution in [1.29, 1.82) is 0 Å². The summed E-state index contributed by atoms with van der Waals surface area (Å²) in [6.45, 7) is 0.209. The summed E-state index contributed by atoms with van der Waals surface area (Å²) >= 11 is 5.99. The van der Waals surface area contributed by atoms with E-state index in [1.54, 1.807) is 36.4 Å². The largest absolute Gasteiger partial charge is 0.627 e. The van der Waals surface area contributed by atoms with Crippen molar-refractivity contribution in [2.75, 3.05) is 20.2 Å². The van der Waals surface area contributed by atoms with Crippen LogP contribution in [0, 0.1) is 17.0 Å². The van der Waals surface area contributed by atoms with Crippen LogP contribution in [0.25, 0.3) is 11.0 Å². The minimum absolute atomic E-state index is 0.0637. The average Bonchev–Trinajstić information content (AvgIpc) is 2.62. The fourth-order valence-corrected chi connectivity index (χ4v) is 2.57. The molecule has 132 valence electrons. The Kier molecular flexibility index (Phi) is 5.29. The van der Waals surface area contributed by atoms with Crippen LogP contribution in [0.4, 0.5) is 5.69 Å². The van der Waals surface area contributed by atoms with Crippen molar-refractivity contribution >= 4 is 28.3 Å². The fourth-order valence-electron chi connectivity index (χ4n) is 2.38. The Hall–Kier alpha value is -2.78. The quantitative estimate of drug-likeness (QED) is 0.302. The lowest BCUT2D eigenvalue weighted by Gasteiger charge is -2.36. The van der Waals surface area contributed by atoms with Gasteiger partial charge in [-0.15, -0.1) is 0 Å². The van der Waals surface area contributed by atoms with Crippen LogP contribution < -0.4 is 15.0 Å². The van der Waals surface area contributed by atoms with Gasteiger partial charge in [0.2, 0.25) is 0 Å². The zero-order valence-electron chi connectivity index (χ0n) is 14.1. The van der Waals surface area contributed by atoms with Gasteiger partial charge in [0.15, 0.2) is 0 Å². The predicted molar refractivity (Wildman–Crippen MR) is 103 cm³/mol. The van der Waals surface area contributed by atoms with E-state index in [9.17, 15) is 10.0 Å². The van der Waals surface area contributed by atoms with Crippen molar-refractivity contribution in [3.63, 3.8) is 0 Å². The van der Waals surface area contributed by atoms with E-state index in [-0.39, 0.29) is 13.2 Å². The Morgan fingerprint density at radius 2 is 1.96 bits per heavy atom. The number of nitrogens with zero attached hydrogens (tertiary/aromatic N) is 1. The summed E-state index contributed by atoms with van der Waals surface area (Å²) in [6.07, 6.45) is 0. The number of benzene rings is 2. The molecule has 0 saturated carbocycles. The van der Waals surface area contributed by atoms with E-state index in [4.69, 9.17) is 20.8 Å². The third-order valence-electron chi connectivity index (χ3n) is 3.79. The monoisotopic (exact) mass is 369 g/mol. The highest BCUT2D eigenvalue weighted by Gasteiger charge is 2.14. The Bertz CT molecular complexity index is 1050. The predicted octanol–water partition coefficient (Wildman–Crippen LogP) is 3.96. The van der Waals surface area contributed by atoms with Gasteiger partial charge in [-0.2, -0.15) is 0 Å². The molecule has 1 heterocycles. The van der Waals surface area contributed by atoms with E-state index in [0.29, 0.717) is 27.4 Å². The minimum atomic E-state index is -0.672. The number of hydrogen-bond donors (Lipinski definition) is 0. The van der Waals surface area contributed by atoms with Crippen molar-refractivity contribution in [3.05, 3.63) is 75.2 Å². The van der Waals surface area contributed by atoms with Gasteiger partial charge in [-0.3, -0.25) is 0 Å². The first-order chi connectivity index (χ1) is 12.5. The topological polar surface area (TPSA) is 62.5 Å². The summed E-state index contributed by atoms with van der Waals surface area (Å²) in [6, 6.07) is 15.0. The van der Waals surface area contributed by atoms with Gasteiger partial charge in [-0.05, 0) is 30.2 Å². The third kappa shape index (κ3) is 4.24. The maximum Gasteiger partial charge on any atom is 0.336 e. The molecule has 1 unspecified atom stereocenters. The Balaban J connectivity index is 1.66. The molecule has 1 atom stereocenters. The number of rotatable bonds is 4. The maximum absolute atomic E-state index is 12.8. The van der Waals surface area contributed by atoms with Gasteiger partial charge >= 0.3 is 5.63 Å². The van der Waals surface area contributed by atoms with E-state index in [2.05, 4.69) is 11.8 Å². The number of hydrogen-bond acceptors (Lipinski definition) is 4. The molecule has 5 nitrogen and oxygen atoms in total. The summed E-state index contributed by atoms with van der Waals surface area (Å²) in [7, 11) is 1.52. The molecule has 0 spiro atoms. The van der Waals surface area contributed by atoms with E-state index in [1.165, 1.54) is 13.1 Å². The second-order valence-electron chi connectivity index (χ2n) is 5.81. The fraction of sp³-hybridized carbons (Fsp3) is 0.150. The number of para-hydroxylation sites is 1. The summed E-state index contributed by atoms with van der Waals surface area (Å²) in [4.78, 5) is 11.2. The third-order valence-corrected chi connectivity index (χ3v) is 4.10. The molecule has 0 radical (unpaired) electrons. The molecular formula is C20H16ClNO4. The smallest absolute Gasteiger partial charge is 0.336 e. The van der Waals surface area contributed by atoms with E-state index in [0.717, 1.165) is 0 Å². The number of hydroxylamine groups is 2. The summed E-state index contributed by atoms with van der Waals surface area (Å²) < 4.78 is 9.87. The van der Waals surface area contributed by atoms with Crippen LogP contribution in [0.2, 0.25) is 5.02 Å². The molecule has 6 heteroatoms. The van der Waals surface area contributed by atoms with Crippen LogP contribution in [0.3, 0.4) is 0 Å². The highest BCUT2D eigenvalue weighted by molar-refractivity contribution is 6.32. The van der Waals surface area contributed by atoms with Crippen molar-refractivity contribution in [3.8, 4) is 17.6 Å². The molecule has 0 amide bonds. The number of halogens is 1. The average molecular weight is 370 g/mol. The van der Waals surface area contributed by atoms with Crippen LogP contribution >= 0.6 is 11.6 Å².